The Labute approximate surface area is 175 Å². The molecule has 7 nitrogen and oxygen atoms in total. The molecule has 1 fully saturated rings. The molecule has 10 heteroatoms. The molecule has 1 aliphatic rings. The molecule has 1 aliphatic heterocycles. The third-order valence-corrected chi connectivity index (χ3v) is 5.06. The molecule has 2 heterocycles. The van der Waals surface area contributed by atoms with E-state index >= 15 is 0 Å². The lowest BCUT2D eigenvalue weighted by molar-refractivity contribution is -0.137. The van der Waals surface area contributed by atoms with Gasteiger partial charge in [0.05, 0.1) is 25.3 Å². The van der Waals surface area contributed by atoms with E-state index < -0.39 is 17.7 Å². The molecule has 1 unspecified atom stereocenters. The maximum atomic E-state index is 13.0. The van der Waals surface area contributed by atoms with Crippen molar-refractivity contribution in [2.75, 3.05) is 25.7 Å². The number of benzene rings is 2. The van der Waals surface area contributed by atoms with Crippen molar-refractivity contribution >= 4 is 11.6 Å². The first-order valence-corrected chi connectivity index (χ1v) is 9.33. The number of hydrogen-bond donors (Lipinski definition) is 0. The summed E-state index contributed by atoms with van der Waals surface area (Å²) < 4.78 is 54.9. The first-order valence-electron chi connectivity index (χ1n) is 9.33. The van der Waals surface area contributed by atoms with E-state index in [0.717, 1.165) is 12.1 Å². The van der Waals surface area contributed by atoms with Crippen molar-refractivity contribution in [1.82, 2.24) is 10.1 Å². The highest BCUT2D eigenvalue weighted by Gasteiger charge is 2.36. The van der Waals surface area contributed by atoms with Gasteiger partial charge in [-0.2, -0.15) is 18.2 Å². The Hall–Kier alpha value is -3.56. The van der Waals surface area contributed by atoms with Gasteiger partial charge in [0.2, 0.25) is 5.91 Å². The normalized spacial score (nSPS) is 16.6. The van der Waals surface area contributed by atoms with E-state index in [2.05, 4.69) is 10.1 Å². The van der Waals surface area contributed by atoms with E-state index in [9.17, 15) is 18.0 Å². The minimum Gasteiger partial charge on any atom is -0.497 e. The van der Waals surface area contributed by atoms with Crippen LogP contribution in [0.25, 0.3) is 11.5 Å². The molecule has 1 saturated heterocycles. The van der Waals surface area contributed by atoms with Gasteiger partial charge < -0.3 is 18.9 Å². The van der Waals surface area contributed by atoms with Gasteiger partial charge in [-0.15, -0.1) is 0 Å². The summed E-state index contributed by atoms with van der Waals surface area (Å²) >= 11 is 0. The number of nitrogens with zero attached hydrogens (tertiary/aromatic N) is 3. The maximum absolute atomic E-state index is 13.0. The zero-order valence-corrected chi connectivity index (χ0v) is 16.6. The SMILES string of the molecule is COc1ccc(-c2nc(C3CC(=O)N(c4cccc(C(F)(F)F)c4)C3)no2)c(OC)c1. The number of halogens is 3. The van der Waals surface area contributed by atoms with Gasteiger partial charge in [-0.1, -0.05) is 11.2 Å². The van der Waals surface area contributed by atoms with E-state index in [4.69, 9.17) is 14.0 Å². The smallest absolute Gasteiger partial charge is 0.416 e. The number of ether oxygens (including phenoxy) is 2. The fourth-order valence-corrected chi connectivity index (χ4v) is 3.47. The molecule has 0 radical (unpaired) electrons. The summed E-state index contributed by atoms with van der Waals surface area (Å²) in [5.74, 6) is 0.859. The van der Waals surface area contributed by atoms with Gasteiger partial charge in [0.25, 0.3) is 5.89 Å². The molecule has 1 amide bonds. The summed E-state index contributed by atoms with van der Waals surface area (Å²) in [6.45, 7) is 0.152. The molecule has 0 saturated carbocycles. The van der Waals surface area contributed by atoms with Crippen LogP contribution in [0.4, 0.5) is 18.9 Å². The van der Waals surface area contributed by atoms with E-state index in [-0.39, 0.29) is 30.5 Å². The van der Waals surface area contributed by atoms with Gasteiger partial charge in [0, 0.05) is 30.6 Å². The highest BCUT2D eigenvalue weighted by molar-refractivity contribution is 5.96. The largest absolute Gasteiger partial charge is 0.497 e. The van der Waals surface area contributed by atoms with Crippen molar-refractivity contribution in [2.45, 2.75) is 18.5 Å². The van der Waals surface area contributed by atoms with E-state index in [0.29, 0.717) is 22.9 Å². The Bertz CT molecular complexity index is 1110. The molecule has 1 aromatic heterocycles. The van der Waals surface area contributed by atoms with Gasteiger partial charge in [-0.05, 0) is 30.3 Å². The Morgan fingerprint density at radius 3 is 2.65 bits per heavy atom. The number of carbonyl (C=O) groups excluding carboxylic acids is 1. The van der Waals surface area contributed by atoms with Crippen LogP contribution >= 0.6 is 0 Å². The topological polar surface area (TPSA) is 77.7 Å². The number of alkyl halides is 3. The molecule has 0 spiro atoms. The third kappa shape index (κ3) is 4.05. The van der Waals surface area contributed by atoms with E-state index in [1.54, 1.807) is 18.2 Å². The zero-order chi connectivity index (χ0) is 22.2. The molecular weight excluding hydrogens is 415 g/mol. The van der Waals surface area contributed by atoms with Gasteiger partial charge in [0.1, 0.15) is 11.5 Å². The number of carbonyl (C=O) groups is 1. The lowest BCUT2D eigenvalue weighted by Crippen LogP contribution is -2.24. The summed E-state index contributed by atoms with van der Waals surface area (Å²) in [6, 6.07) is 9.79. The summed E-state index contributed by atoms with van der Waals surface area (Å²) in [5.41, 5.74) is -0.0707. The predicted octanol–water partition coefficient (Wildman–Crippen LogP) is 4.29. The van der Waals surface area contributed by atoms with Crippen molar-refractivity contribution in [2.24, 2.45) is 0 Å². The van der Waals surface area contributed by atoms with Gasteiger partial charge >= 0.3 is 6.18 Å². The third-order valence-electron chi connectivity index (χ3n) is 5.06. The second-order valence-electron chi connectivity index (χ2n) is 6.98. The van der Waals surface area contributed by atoms with Crippen molar-refractivity contribution in [3.05, 3.63) is 53.9 Å². The quantitative estimate of drug-likeness (QED) is 0.597. The van der Waals surface area contributed by atoms with Crippen LogP contribution in [0, 0.1) is 0 Å². The summed E-state index contributed by atoms with van der Waals surface area (Å²) in [6.07, 6.45) is -4.42. The van der Waals surface area contributed by atoms with Crippen molar-refractivity contribution in [1.29, 1.82) is 0 Å². The lowest BCUT2D eigenvalue weighted by atomic mass is 10.1. The van der Waals surface area contributed by atoms with Crippen molar-refractivity contribution in [3.8, 4) is 23.0 Å². The van der Waals surface area contributed by atoms with Crippen LogP contribution in [-0.2, 0) is 11.0 Å². The van der Waals surface area contributed by atoms with Crippen LogP contribution < -0.4 is 14.4 Å². The summed E-state index contributed by atoms with van der Waals surface area (Å²) in [5, 5.41) is 3.98. The fraction of sp³-hybridized carbons (Fsp3) is 0.286. The Morgan fingerprint density at radius 2 is 1.94 bits per heavy atom. The maximum Gasteiger partial charge on any atom is 0.416 e. The number of hydrogen-bond acceptors (Lipinski definition) is 6. The second-order valence-corrected chi connectivity index (χ2v) is 6.98. The summed E-state index contributed by atoms with van der Waals surface area (Å²) in [7, 11) is 3.03. The molecule has 0 aliphatic carbocycles. The standard InChI is InChI=1S/C21H18F3N3O4/c1-29-15-6-7-16(17(10-15)30-2)20-25-19(26-31-20)12-8-18(28)27(11-12)14-5-3-4-13(9-14)21(22,23)24/h3-7,9-10,12H,8,11H2,1-2H3. The van der Waals surface area contributed by atoms with E-state index in [1.165, 1.54) is 31.3 Å². The first-order chi connectivity index (χ1) is 14.8. The van der Waals surface area contributed by atoms with Gasteiger partial charge in [-0.3, -0.25) is 4.79 Å². The highest BCUT2D eigenvalue weighted by atomic mass is 19.4. The monoisotopic (exact) mass is 433 g/mol. The second kappa shape index (κ2) is 7.93. The van der Waals surface area contributed by atoms with Crippen LogP contribution in [0.2, 0.25) is 0 Å². The Balaban J connectivity index is 1.57. The highest BCUT2D eigenvalue weighted by Crippen LogP contribution is 2.37. The number of methoxy groups -OCH3 is 2. The number of anilines is 1. The molecule has 1 atom stereocenters. The lowest BCUT2D eigenvalue weighted by Gasteiger charge is -2.18. The fourth-order valence-electron chi connectivity index (χ4n) is 3.47. The van der Waals surface area contributed by atoms with Crippen molar-refractivity contribution in [3.63, 3.8) is 0 Å². The molecule has 0 bridgehead atoms. The predicted molar refractivity (Wildman–Crippen MR) is 104 cm³/mol. The molecule has 3 aromatic rings. The number of aromatic nitrogens is 2. The summed E-state index contributed by atoms with van der Waals surface area (Å²) in [4.78, 5) is 18.2. The molecule has 2 aromatic carbocycles. The zero-order valence-electron chi connectivity index (χ0n) is 16.6. The van der Waals surface area contributed by atoms with Crippen LogP contribution in [0.3, 0.4) is 0 Å². The average molecular weight is 433 g/mol. The molecule has 31 heavy (non-hydrogen) atoms. The van der Waals surface area contributed by atoms with Gasteiger partial charge in [0.15, 0.2) is 5.82 Å². The molecule has 4 rings (SSSR count). The van der Waals surface area contributed by atoms with Crippen LogP contribution in [-0.4, -0.2) is 36.8 Å². The average Bonchev–Trinajstić information content (AvgIpc) is 3.39. The minimum absolute atomic E-state index is 0.0645. The van der Waals surface area contributed by atoms with Crippen LogP contribution in [0.5, 0.6) is 11.5 Å². The number of amides is 1. The first kappa shape index (κ1) is 20.7. The Morgan fingerprint density at radius 1 is 1.13 bits per heavy atom. The van der Waals surface area contributed by atoms with Gasteiger partial charge in [-0.25, -0.2) is 0 Å². The van der Waals surface area contributed by atoms with Crippen LogP contribution in [0.1, 0.15) is 23.7 Å². The molecule has 162 valence electrons. The molecular formula is C21H18F3N3O4. The van der Waals surface area contributed by atoms with Crippen LogP contribution in [0.15, 0.2) is 47.0 Å². The number of rotatable bonds is 5. The Kier molecular flexibility index (Phi) is 5.30. The molecule has 0 N–H and O–H groups in total. The minimum atomic E-state index is -4.49. The van der Waals surface area contributed by atoms with E-state index in [1.807, 2.05) is 0 Å². The van der Waals surface area contributed by atoms with Crippen molar-refractivity contribution < 1.29 is 32.0 Å².